The van der Waals surface area contributed by atoms with Crippen LogP contribution in [0.4, 0.5) is 4.79 Å². The first-order chi connectivity index (χ1) is 12.7. The van der Waals surface area contributed by atoms with E-state index in [1.807, 2.05) is 54.5 Å². The molecular formula is C21H22N2O3. The summed E-state index contributed by atoms with van der Waals surface area (Å²) in [6.07, 6.45) is 6.34. The third-order valence-corrected chi connectivity index (χ3v) is 4.86. The number of fused-ring (bicyclic) bond motifs is 2. The molecule has 5 nitrogen and oxygen atoms in total. The molecule has 2 atom stereocenters. The highest BCUT2D eigenvalue weighted by molar-refractivity contribution is 5.74. The molecule has 1 aromatic heterocycles. The van der Waals surface area contributed by atoms with Crippen LogP contribution in [0, 0.1) is 6.92 Å². The Bertz CT molecular complexity index is 819. The molecule has 0 aliphatic carbocycles. The number of aryl methyl sites for hydroxylation is 1. The average molecular weight is 350 g/mol. The topological polar surface area (TPSA) is 51.7 Å². The maximum Gasteiger partial charge on any atom is 0.411 e. The lowest BCUT2D eigenvalue weighted by Gasteiger charge is -2.43. The van der Waals surface area contributed by atoms with Crippen LogP contribution in [-0.2, 0) is 16.1 Å². The molecule has 3 heterocycles. The van der Waals surface area contributed by atoms with Gasteiger partial charge in [0.1, 0.15) is 6.61 Å². The van der Waals surface area contributed by atoms with Crippen molar-refractivity contribution in [3.63, 3.8) is 0 Å². The number of ether oxygens (including phenoxy) is 2. The van der Waals surface area contributed by atoms with E-state index in [4.69, 9.17) is 9.47 Å². The smallest absolute Gasteiger partial charge is 0.411 e. The summed E-state index contributed by atoms with van der Waals surface area (Å²) in [5.41, 5.74) is 4.47. The highest BCUT2D eigenvalue weighted by Crippen LogP contribution is 2.33. The van der Waals surface area contributed by atoms with Crippen molar-refractivity contribution in [1.29, 1.82) is 0 Å². The molecule has 134 valence electrons. The summed E-state index contributed by atoms with van der Waals surface area (Å²) in [5, 5.41) is 0. The van der Waals surface area contributed by atoms with Crippen molar-refractivity contribution < 1.29 is 14.3 Å². The summed E-state index contributed by atoms with van der Waals surface area (Å²) in [4.78, 5) is 18.8. The molecule has 2 aliphatic heterocycles. The van der Waals surface area contributed by atoms with Crippen molar-refractivity contribution >= 4 is 11.7 Å². The van der Waals surface area contributed by atoms with Gasteiger partial charge in [-0.25, -0.2) is 4.79 Å². The second-order valence-electron chi connectivity index (χ2n) is 6.85. The molecular weight excluding hydrogens is 328 g/mol. The standard InChI is InChI=1S/C21H22N2O3/c1-15-7-18(11-22-10-15)17-8-19-13-25-14-20(9-17)23(19)21(24)26-12-16-5-3-2-4-6-16/h2-8,10-11,19-20H,9,12-14H2,1H3. The molecule has 26 heavy (non-hydrogen) atoms. The normalized spacial score (nSPS) is 21.9. The first-order valence-corrected chi connectivity index (χ1v) is 8.90. The minimum Gasteiger partial charge on any atom is -0.445 e. The number of nitrogens with zero attached hydrogens (tertiary/aromatic N) is 2. The molecule has 0 N–H and O–H groups in total. The van der Waals surface area contributed by atoms with Gasteiger partial charge in [-0.1, -0.05) is 36.4 Å². The zero-order valence-corrected chi connectivity index (χ0v) is 14.8. The minimum atomic E-state index is -0.273. The Morgan fingerprint density at radius 3 is 2.88 bits per heavy atom. The zero-order chi connectivity index (χ0) is 17.9. The van der Waals surface area contributed by atoms with Gasteiger partial charge >= 0.3 is 6.09 Å². The summed E-state index contributed by atoms with van der Waals surface area (Å²) in [5.74, 6) is 0. The van der Waals surface area contributed by atoms with Gasteiger partial charge in [-0.3, -0.25) is 9.88 Å². The van der Waals surface area contributed by atoms with Gasteiger partial charge in [0, 0.05) is 12.4 Å². The van der Waals surface area contributed by atoms with Crippen LogP contribution in [-0.4, -0.2) is 41.3 Å². The summed E-state index contributed by atoms with van der Waals surface area (Å²) in [6, 6.07) is 11.8. The Morgan fingerprint density at radius 2 is 2.12 bits per heavy atom. The number of hydrogen-bond donors (Lipinski definition) is 0. The Balaban J connectivity index is 1.50. The van der Waals surface area contributed by atoms with Crippen LogP contribution >= 0.6 is 0 Å². The number of carbonyl (C=O) groups is 1. The van der Waals surface area contributed by atoms with Crippen molar-refractivity contribution in [2.24, 2.45) is 0 Å². The maximum atomic E-state index is 12.7. The van der Waals surface area contributed by atoms with Gasteiger partial charge in [0.15, 0.2) is 0 Å². The third-order valence-electron chi connectivity index (χ3n) is 4.86. The minimum absolute atomic E-state index is 0.00228. The van der Waals surface area contributed by atoms with Crippen molar-refractivity contribution in [3.8, 4) is 0 Å². The lowest BCUT2D eigenvalue weighted by Crippen LogP contribution is -2.56. The van der Waals surface area contributed by atoms with Crippen molar-refractivity contribution in [1.82, 2.24) is 9.88 Å². The highest BCUT2D eigenvalue weighted by atomic mass is 16.6. The van der Waals surface area contributed by atoms with E-state index < -0.39 is 0 Å². The predicted molar refractivity (Wildman–Crippen MR) is 98.4 cm³/mol. The Hall–Kier alpha value is -2.66. The van der Waals surface area contributed by atoms with Gasteiger partial charge < -0.3 is 9.47 Å². The van der Waals surface area contributed by atoms with Gasteiger partial charge in [-0.05, 0) is 41.7 Å². The molecule has 0 radical (unpaired) electrons. The number of aromatic nitrogens is 1. The molecule has 1 saturated heterocycles. The van der Waals surface area contributed by atoms with Crippen molar-refractivity contribution in [2.45, 2.75) is 32.0 Å². The maximum absolute atomic E-state index is 12.7. The number of carbonyl (C=O) groups excluding carboxylic acids is 1. The van der Waals surface area contributed by atoms with Crippen LogP contribution in [0.1, 0.15) is 23.1 Å². The van der Waals surface area contributed by atoms with E-state index in [1.165, 1.54) is 5.57 Å². The van der Waals surface area contributed by atoms with Crippen LogP contribution in [0.3, 0.4) is 0 Å². The Kier molecular flexibility index (Phi) is 4.71. The van der Waals surface area contributed by atoms with Gasteiger partial charge in [-0.15, -0.1) is 0 Å². The fraction of sp³-hybridized carbons (Fsp3) is 0.333. The van der Waals surface area contributed by atoms with E-state index in [9.17, 15) is 4.79 Å². The first kappa shape index (κ1) is 16.8. The lowest BCUT2D eigenvalue weighted by molar-refractivity contribution is -0.0342. The van der Waals surface area contributed by atoms with Gasteiger partial charge in [0.25, 0.3) is 0 Å². The van der Waals surface area contributed by atoms with Gasteiger partial charge in [0.2, 0.25) is 0 Å². The molecule has 0 saturated carbocycles. The number of pyridine rings is 1. The first-order valence-electron chi connectivity index (χ1n) is 8.90. The molecule has 0 spiro atoms. The van der Waals surface area contributed by atoms with Gasteiger partial charge in [-0.2, -0.15) is 0 Å². The molecule has 2 aliphatic rings. The predicted octanol–water partition coefficient (Wildman–Crippen LogP) is 3.58. The molecule has 1 fully saturated rings. The van der Waals surface area contributed by atoms with E-state index >= 15 is 0 Å². The molecule has 1 amide bonds. The van der Waals surface area contributed by atoms with Crippen molar-refractivity contribution in [2.75, 3.05) is 13.2 Å². The second kappa shape index (κ2) is 7.30. The summed E-state index contributed by atoms with van der Waals surface area (Å²) < 4.78 is 11.2. The lowest BCUT2D eigenvalue weighted by atomic mass is 9.90. The van der Waals surface area contributed by atoms with E-state index in [2.05, 4.69) is 17.1 Å². The van der Waals surface area contributed by atoms with Crippen LogP contribution in [0.2, 0.25) is 0 Å². The third kappa shape index (κ3) is 3.48. The molecule has 2 bridgehead atoms. The average Bonchev–Trinajstić information content (AvgIpc) is 2.66. The number of amides is 1. The summed E-state index contributed by atoms with van der Waals surface area (Å²) >= 11 is 0. The Labute approximate surface area is 153 Å². The zero-order valence-electron chi connectivity index (χ0n) is 14.8. The van der Waals surface area contributed by atoms with E-state index in [1.54, 1.807) is 0 Å². The molecule has 1 aromatic carbocycles. The molecule has 2 unspecified atom stereocenters. The quantitative estimate of drug-likeness (QED) is 0.849. The van der Waals surface area contributed by atoms with Crippen molar-refractivity contribution in [3.05, 3.63) is 71.6 Å². The van der Waals surface area contributed by atoms with E-state index in [-0.39, 0.29) is 24.8 Å². The van der Waals surface area contributed by atoms with Crippen LogP contribution in [0.5, 0.6) is 0 Å². The van der Waals surface area contributed by atoms with E-state index in [0.29, 0.717) is 13.2 Å². The molecule has 5 heteroatoms. The summed E-state index contributed by atoms with van der Waals surface area (Å²) in [6.45, 7) is 3.36. The number of benzene rings is 1. The summed E-state index contributed by atoms with van der Waals surface area (Å²) in [7, 11) is 0. The second-order valence-corrected chi connectivity index (χ2v) is 6.85. The molecule has 4 rings (SSSR count). The Morgan fingerprint density at radius 1 is 1.27 bits per heavy atom. The fourth-order valence-electron chi connectivity index (χ4n) is 3.62. The largest absolute Gasteiger partial charge is 0.445 e. The molecule has 2 aromatic rings. The van der Waals surface area contributed by atoms with Gasteiger partial charge in [0.05, 0.1) is 25.3 Å². The van der Waals surface area contributed by atoms with Crippen LogP contribution < -0.4 is 0 Å². The fourth-order valence-corrected chi connectivity index (χ4v) is 3.62. The number of rotatable bonds is 3. The number of morpholine rings is 1. The highest BCUT2D eigenvalue weighted by Gasteiger charge is 2.39. The van der Waals surface area contributed by atoms with Crippen LogP contribution in [0.25, 0.3) is 5.57 Å². The monoisotopic (exact) mass is 350 g/mol. The SMILES string of the molecule is Cc1cncc(C2=CC3COCC(C2)N3C(=O)OCc2ccccc2)c1. The van der Waals surface area contributed by atoms with E-state index in [0.717, 1.165) is 23.1 Å². The number of hydrogen-bond acceptors (Lipinski definition) is 4. The van der Waals surface area contributed by atoms with Crippen LogP contribution in [0.15, 0.2) is 54.9 Å².